The van der Waals surface area contributed by atoms with Crippen LogP contribution in [-0.2, 0) is 15.7 Å². The molecule has 0 aliphatic rings. The largest absolute Gasteiger partial charge is 0.466 e. The quantitative estimate of drug-likeness (QED) is 0.615. The van der Waals surface area contributed by atoms with Gasteiger partial charge in [0.2, 0.25) is 0 Å². The van der Waals surface area contributed by atoms with E-state index in [2.05, 4.69) is 4.74 Å². The van der Waals surface area contributed by atoms with Crippen LogP contribution in [-0.4, -0.2) is 43.6 Å². The maximum absolute atomic E-state index is 13.0. The molecular weight excluding hydrogens is 358 g/mol. The Labute approximate surface area is 138 Å². The molecule has 138 valence electrons. The van der Waals surface area contributed by atoms with Crippen molar-refractivity contribution in [2.24, 2.45) is 0 Å². The maximum atomic E-state index is 13.0. The fraction of sp³-hybridized carbons (Fsp3) is 0.429. The van der Waals surface area contributed by atoms with Gasteiger partial charge in [0.05, 0.1) is 23.2 Å². The number of alkyl halides is 6. The summed E-state index contributed by atoms with van der Waals surface area (Å²) in [7, 11) is 0.995. The molecule has 11 heteroatoms. The molecule has 0 saturated carbocycles. The molecule has 0 fully saturated rings. The van der Waals surface area contributed by atoms with Crippen molar-refractivity contribution in [3.8, 4) is 6.07 Å². The van der Waals surface area contributed by atoms with E-state index in [0.29, 0.717) is 11.0 Å². The molecule has 2 atom stereocenters. The minimum atomic E-state index is -5.09. The van der Waals surface area contributed by atoms with Crippen LogP contribution < -0.4 is 4.90 Å². The summed E-state index contributed by atoms with van der Waals surface area (Å²) >= 11 is 0. The summed E-state index contributed by atoms with van der Waals surface area (Å²) in [5, 5.41) is 18.1. The van der Waals surface area contributed by atoms with Gasteiger partial charge in [0, 0.05) is 12.7 Å². The van der Waals surface area contributed by atoms with E-state index in [1.165, 1.54) is 6.07 Å². The van der Waals surface area contributed by atoms with Crippen LogP contribution in [0.4, 0.5) is 32.0 Å². The lowest BCUT2D eigenvalue weighted by Crippen LogP contribution is -2.51. The second kappa shape index (κ2) is 7.60. The number of anilines is 1. The highest BCUT2D eigenvalue weighted by Gasteiger charge is 2.46. The number of halogens is 6. The second-order valence-corrected chi connectivity index (χ2v) is 4.93. The first-order chi connectivity index (χ1) is 11.4. The van der Waals surface area contributed by atoms with Crippen molar-refractivity contribution in [3.05, 3.63) is 29.3 Å². The highest BCUT2D eigenvalue weighted by atomic mass is 19.4. The Kier molecular flexibility index (Phi) is 6.26. The van der Waals surface area contributed by atoms with Crippen LogP contribution in [0.2, 0.25) is 0 Å². The van der Waals surface area contributed by atoms with E-state index < -0.39 is 42.2 Å². The molecule has 5 nitrogen and oxygen atoms in total. The zero-order valence-corrected chi connectivity index (χ0v) is 12.6. The number of nitrogens with zero attached hydrogens (tertiary/aromatic N) is 2. The fourth-order valence-electron chi connectivity index (χ4n) is 2.05. The first-order valence-corrected chi connectivity index (χ1v) is 6.57. The molecule has 0 unspecified atom stereocenters. The third kappa shape index (κ3) is 4.99. The Bertz CT molecular complexity index is 653. The van der Waals surface area contributed by atoms with Crippen LogP contribution in [0.15, 0.2) is 18.2 Å². The Hall–Kier alpha value is -2.48. The fourth-order valence-corrected chi connectivity index (χ4v) is 2.05. The molecule has 0 heterocycles. The summed E-state index contributed by atoms with van der Waals surface area (Å²) in [5.74, 6) is 0. The van der Waals surface area contributed by atoms with Crippen LogP contribution in [0.25, 0.3) is 0 Å². The highest BCUT2D eigenvalue weighted by molar-refractivity contribution is 5.55. The Morgan fingerprint density at radius 2 is 1.92 bits per heavy atom. The van der Waals surface area contributed by atoms with Gasteiger partial charge in [-0.2, -0.15) is 31.6 Å². The van der Waals surface area contributed by atoms with Crippen LogP contribution >= 0.6 is 0 Å². The predicted octanol–water partition coefficient (Wildman–Crippen LogP) is 2.48. The van der Waals surface area contributed by atoms with E-state index in [9.17, 15) is 36.2 Å². The number of carbonyl (C=O) groups excluding carboxylic acids is 1. The van der Waals surface area contributed by atoms with Crippen LogP contribution in [0, 0.1) is 11.3 Å². The number of hydrogen-bond donors (Lipinski definition) is 1. The smallest absolute Gasteiger partial charge is 0.417 e. The van der Waals surface area contributed by atoms with Crippen LogP contribution in [0.3, 0.4) is 0 Å². The summed E-state index contributed by atoms with van der Waals surface area (Å²) in [6.07, 6.45) is -13.0. The molecule has 0 amide bonds. The monoisotopic (exact) mass is 370 g/mol. The maximum Gasteiger partial charge on any atom is 0.417 e. The van der Waals surface area contributed by atoms with E-state index in [1.807, 2.05) is 0 Å². The van der Waals surface area contributed by atoms with Crippen molar-refractivity contribution in [1.29, 1.82) is 5.26 Å². The first kappa shape index (κ1) is 20.6. The lowest BCUT2D eigenvalue weighted by molar-refractivity contribution is -0.212. The average Bonchev–Trinajstić information content (AvgIpc) is 2.52. The van der Waals surface area contributed by atoms with Gasteiger partial charge in [-0.25, -0.2) is 0 Å². The average molecular weight is 370 g/mol. The molecular formula is C14H12F6N2O3. The van der Waals surface area contributed by atoms with Gasteiger partial charge in [0.25, 0.3) is 6.47 Å². The molecule has 0 saturated heterocycles. The molecule has 1 N–H and O–H groups in total. The molecule has 1 aromatic carbocycles. The number of carbonyl (C=O) groups is 1. The number of nitriles is 1. The van der Waals surface area contributed by atoms with Crippen molar-refractivity contribution in [2.75, 3.05) is 18.6 Å². The first-order valence-electron chi connectivity index (χ1n) is 6.57. The zero-order chi connectivity index (χ0) is 19.4. The van der Waals surface area contributed by atoms with Gasteiger partial charge >= 0.3 is 12.4 Å². The predicted molar refractivity (Wildman–Crippen MR) is 72.4 cm³/mol. The molecule has 1 rings (SSSR count). The van der Waals surface area contributed by atoms with Crippen LogP contribution in [0.1, 0.15) is 11.1 Å². The lowest BCUT2D eigenvalue weighted by Gasteiger charge is -2.34. The normalized spacial score (nSPS) is 14.4. The Balaban J connectivity index is 3.31. The van der Waals surface area contributed by atoms with Gasteiger partial charge in [-0.05, 0) is 18.2 Å². The molecule has 0 spiro atoms. The number of benzene rings is 1. The molecule has 0 aromatic heterocycles. The Morgan fingerprint density at radius 1 is 1.32 bits per heavy atom. The molecule has 0 bridgehead atoms. The van der Waals surface area contributed by atoms with E-state index in [-0.39, 0.29) is 12.2 Å². The van der Waals surface area contributed by atoms with Crippen molar-refractivity contribution in [3.63, 3.8) is 0 Å². The number of aliphatic hydroxyl groups is 1. The second-order valence-electron chi connectivity index (χ2n) is 4.93. The standard InChI is InChI=1S/C14H12F6N2O3/c1-22(11(6-25-7-23)12(24)14(18,19)20)9-3-2-8(5-21)10(4-9)13(15,16)17/h2-4,7,11-12,24H,6H2,1H3/t11-,12+/m1/s1. The van der Waals surface area contributed by atoms with Gasteiger partial charge in [-0.15, -0.1) is 0 Å². The number of aliphatic hydroxyl groups excluding tert-OH is 1. The molecule has 0 aliphatic heterocycles. The lowest BCUT2D eigenvalue weighted by atomic mass is 10.0. The number of hydrogen-bond acceptors (Lipinski definition) is 5. The van der Waals surface area contributed by atoms with E-state index in [4.69, 9.17) is 5.26 Å². The minimum Gasteiger partial charge on any atom is -0.466 e. The van der Waals surface area contributed by atoms with E-state index >= 15 is 0 Å². The van der Waals surface area contributed by atoms with E-state index in [0.717, 1.165) is 19.2 Å². The van der Waals surface area contributed by atoms with Crippen LogP contribution in [0.5, 0.6) is 0 Å². The number of likely N-dealkylation sites (N-methyl/N-ethyl adjacent to an activating group) is 1. The summed E-state index contributed by atoms with van der Waals surface area (Å²) in [5.41, 5.74) is -2.40. The van der Waals surface area contributed by atoms with Gasteiger partial charge in [-0.1, -0.05) is 0 Å². The van der Waals surface area contributed by atoms with Gasteiger partial charge in [0.1, 0.15) is 6.61 Å². The zero-order valence-electron chi connectivity index (χ0n) is 12.6. The summed E-state index contributed by atoms with van der Waals surface area (Å²) in [6, 6.07) is 1.72. The summed E-state index contributed by atoms with van der Waals surface area (Å²) in [4.78, 5) is 10.9. The van der Waals surface area contributed by atoms with Crippen molar-refractivity contribution < 1.29 is 41.0 Å². The van der Waals surface area contributed by atoms with Gasteiger partial charge < -0.3 is 14.7 Å². The van der Waals surface area contributed by atoms with Crippen molar-refractivity contribution >= 4 is 12.2 Å². The molecule has 1 aromatic rings. The van der Waals surface area contributed by atoms with Crippen molar-refractivity contribution in [2.45, 2.75) is 24.5 Å². The van der Waals surface area contributed by atoms with E-state index in [1.54, 1.807) is 0 Å². The topological polar surface area (TPSA) is 73.6 Å². The number of ether oxygens (including phenoxy) is 1. The Morgan fingerprint density at radius 3 is 2.36 bits per heavy atom. The summed E-state index contributed by atoms with van der Waals surface area (Å²) in [6.45, 7) is -1.06. The molecule has 25 heavy (non-hydrogen) atoms. The SMILES string of the molecule is CN(c1ccc(C#N)c(C(F)(F)F)c1)[C@H](COC=O)[C@H](O)C(F)(F)F. The third-order valence-electron chi connectivity index (χ3n) is 3.37. The van der Waals surface area contributed by atoms with Gasteiger partial charge in [0.15, 0.2) is 6.10 Å². The molecule has 0 aliphatic carbocycles. The molecule has 0 radical (unpaired) electrons. The highest BCUT2D eigenvalue weighted by Crippen LogP contribution is 2.35. The van der Waals surface area contributed by atoms with Gasteiger partial charge in [-0.3, -0.25) is 4.79 Å². The van der Waals surface area contributed by atoms with Crippen molar-refractivity contribution in [1.82, 2.24) is 0 Å². The summed E-state index contributed by atoms with van der Waals surface area (Å²) < 4.78 is 81.4. The number of rotatable bonds is 6. The minimum absolute atomic E-state index is 0.149. The third-order valence-corrected chi connectivity index (χ3v) is 3.37.